The van der Waals surface area contributed by atoms with E-state index in [0.29, 0.717) is 12.5 Å². The van der Waals surface area contributed by atoms with Gasteiger partial charge in [-0.05, 0) is 45.8 Å². The molecule has 1 atom stereocenters. The highest BCUT2D eigenvalue weighted by Gasteiger charge is 2.23. The minimum Gasteiger partial charge on any atom is -0.475 e. The quantitative estimate of drug-likeness (QED) is 0.626. The van der Waals surface area contributed by atoms with Crippen LogP contribution in [0.3, 0.4) is 0 Å². The second-order valence-electron chi connectivity index (χ2n) is 5.69. The summed E-state index contributed by atoms with van der Waals surface area (Å²) in [5.74, 6) is 1.42. The normalized spacial score (nSPS) is 16.2. The summed E-state index contributed by atoms with van der Waals surface area (Å²) in [6.07, 6.45) is 0. The zero-order chi connectivity index (χ0) is 17.1. The number of benzene rings is 2. The van der Waals surface area contributed by atoms with Crippen molar-refractivity contribution in [2.75, 3.05) is 11.9 Å². The third-order valence-corrected chi connectivity index (χ3v) is 4.41. The van der Waals surface area contributed by atoms with Gasteiger partial charge in [-0.1, -0.05) is 48.5 Å². The highest BCUT2D eigenvalue weighted by molar-refractivity contribution is 9.10. The number of rotatable bonds is 4. The van der Waals surface area contributed by atoms with Crippen LogP contribution in [-0.2, 0) is 4.74 Å². The number of anilines is 2. The van der Waals surface area contributed by atoms with Crippen LogP contribution in [0.5, 0.6) is 0 Å². The molecule has 4 nitrogen and oxygen atoms in total. The molecule has 1 aliphatic heterocycles. The minimum absolute atomic E-state index is 0.0354. The molecule has 0 radical (unpaired) electrons. The van der Waals surface area contributed by atoms with Gasteiger partial charge in [0, 0.05) is 0 Å². The second-order valence-corrected chi connectivity index (χ2v) is 6.50. The van der Waals surface area contributed by atoms with Crippen LogP contribution in [0, 0.1) is 0 Å². The first-order chi connectivity index (χ1) is 12.3. The van der Waals surface area contributed by atoms with Crippen LogP contribution in [0.1, 0.15) is 17.2 Å². The number of hydrogen-bond donors (Lipinski definition) is 1. The molecule has 0 fully saturated rings. The summed E-state index contributed by atoms with van der Waals surface area (Å²) in [6, 6.07) is 24.0. The van der Waals surface area contributed by atoms with Crippen molar-refractivity contribution < 1.29 is 4.74 Å². The summed E-state index contributed by atoms with van der Waals surface area (Å²) >= 11 is 3.39. The van der Waals surface area contributed by atoms with Crippen molar-refractivity contribution in [3.63, 3.8) is 0 Å². The van der Waals surface area contributed by atoms with E-state index in [1.807, 2.05) is 60.7 Å². The molecule has 0 saturated carbocycles. The van der Waals surface area contributed by atoms with E-state index in [-0.39, 0.29) is 6.04 Å². The molecule has 1 aromatic heterocycles. The monoisotopic (exact) mass is 393 g/mol. The summed E-state index contributed by atoms with van der Waals surface area (Å²) < 4.78 is 6.67. The lowest BCUT2D eigenvalue weighted by atomic mass is 10.1. The van der Waals surface area contributed by atoms with E-state index in [4.69, 9.17) is 9.73 Å². The highest BCUT2D eigenvalue weighted by atomic mass is 79.9. The van der Waals surface area contributed by atoms with Crippen LogP contribution in [0.25, 0.3) is 0 Å². The smallest absolute Gasteiger partial charge is 0.219 e. The molecule has 4 rings (SSSR count). The molecule has 124 valence electrons. The third kappa shape index (κ3) is 3.56. The maximum atomic E-state index is 5.89. The Kier molecular flexibility index (Phi) is 4.48. The van der Waals surface area contributed by atoms with Crippen LogP contribution >= 0.6 is 15.9 Å². The minimum atomic E-state index is 0.0354. The number of halogens is 1. The number of nitrogens with zero attached hydrogens (tertiary/aromatic N) is 2. The molecule has 0 spiro atoms. The standard InChI is InChI=1S/C20H16BrN3O/c21-18-11-6-12-19(24-18)22-16-10-5-4-9-15(16)20-23-17(13-25-20)14-7-2-1-3-8-14/h1-12,17H,13H2,(H,22,24)/t17-/m1/s1. The Balaban J connectivity index is 1.63. The summed E-state index contributed by atoms with van der Waals surface area (Å²) in [6.45, 7) is 0.558. The van der Waals surface area contributed by atoms with Gasteiger partial charge in [-0.3, -0.25) is 0 Å². The summed E-state index contributed by atoms with van der Waals surface area (Å²) in [5.41, 5.74) is 3.01. The van der Waals surface area contributed by atoms with Crippen molar-refractivity contribution in [3.05, 3.63) is 88.5 Å². The number of para-hydroxylation sites is 1. The van der Waals surface area contributed by atoms with Crippen LogP contribution in [0.15, 0.2) is 82.4 Å². The fourth-order valence-electron chi connectivity index (χ4n) is 2.76. The van der Waals surface area contributed by atoms with E-state index in [1.165, 1.54) is 0 Å². The Labute approximate surface area is 154 Å². The molecule has 3 aromatic rings. The van der Waals surface area contributed by atoms with Crippen molar-refractivity contribution in [3.8, 4) is 0 Å². The molecule has 0 amide bonds. The van der Waals surface area contributed by atoms with Crippen molar-refractivity contribution >= 4 is 33.3 Å². The Morgan fingerprint density at radius 2 is 1.72 bits per heavy atom. The fourth-order valence-corrected chi connectivity index (χ4v) is 3.11. The van der Waals surface area contributed by atoms with Crippen LogP contribution in [-0.4, -0.2) is 17.5 Å². The van der Waals surface area contributed by atoms with E-state index in [1.54, 1.807) is 0 Å². The first kappa shape index (κ1) is 15.8. The van der Waals surface area contributed by atoms with Gasteiger partial charge in [0.05, 0.1) is 11.3 Å². The average Bonchev–Trinajstić information content (AvgIpc) is 3.13. The molecule has 0 bridgehead atoms. The lowest BCUT2D eigenvalue weighted by Crippen LogP contribution is -2.06. The second kappa shape index (κ2) is 7.07. The maximum absolute atomic E-state index is 5.89. The van der Waals surface area contributed by atoms with Gasteiger partial charge in [-0.25, -0.2) is 9.98 Å². The number of ether oxygens (including phenoxy) is 1. The molecule has 5 heteroatoms. The van der Waals surface area contributed by atoms with Gasteiger partial charge < -0.3 is 10.1 Å². The van der Waals surface area contributed by atoms with Gasteiger partial charge in [0.15, 0.2) is 0 Å². The molecule has 1 aliphatic rings. The molecular formula is C20H16BrN3O. The van der Waals surface area contributed by atoms with Crippen molar-refractivity contribution in [2.24, 2.45) is 4.99 Å². The van der Waals surface area contributed by atoms with Crippen LogP contribution in [0.2, 0.25) is 0 Å². The van der Waals surface area contributed by atoms with Gasteiger partial charge in [0.2, 0.25) is 5.90 Å². The van der Waals surface area contributed by atoms with Gasteiger partial charge >= 0.3 is 0 Å². The predicted octanol–water partition coefficient (Wildman–Crippen LogP) is 5.11. The fraction of sp³-hybridized carbons (Fsp3) is 0.100. The Morgan fingerprint density at radius 3 is 2.56 bits per heavy atom. The largest absolute Gasteiger partial charge is 0.475 e. The van der Waals surface area contributed by atoms with Crippen molar-refractivity contribution in [1.82, 2.24) is 4.98 Å². The lowest BCUT2D eigenvalue weighted by Gasteiger charge is -2.11. The van der Waals surface area contributed by atoms with Crippen LogP contribution in [0.4, 0.5) is 11.5 Å². The molecule has 0 aliphatic carbocycles. The topological polar surface area (TPSA) is 46.5 Å². The van der Waals surface area contributed by atoms with Gasteiger partial charge in [-0.15, -0.1) is 0 Å². The van der Waals surface area contributed by atoms with E-state index in [9.17, 15) is 0 Å². The zero-order valence-corrected chi connectivity index (χ0v) is 15.0. The molecule has 0 saturated heterocycles. The molecule has 25 heavy (non-hydrogen) atoms. The number of aliphatic imine (C=N–C) groups is 1. The molecule has 2 aromatic carbocycles. The molecular weight excluding hydrogens is 378 g/mol. The summed E-state index contributed by atoms with van der Waals surface area (Å²) in [7, 11) is 0. The first-order valence-corrected chi connectivity index (χ1v) is 8.83. The third-order valence-electron chi connectivity index (χ3n) is 3.97. The Hall–Kier alpha value is -2.66. The predicted molar refractivity (Wildman–Crippen MR) is 103 cm³/mol. The van der Waals surface area contributed by atoms with E-state index < -0.39 is 0 Å². The van der Waals surface area contributed by atoms with E-state index in [2.05, 4.69) is 38.4 Å². The number of pyridine rings is 1. The lowest BCUT2D eigenvalue weighted by molar-refractivity contribution is 0.320. The summed E-state index contributed by atoms with van der Waals surface area (Å²) in [4.78, 5) is 9.20. The Bertz CT molecular complexity index is 912. The molecule has 1 N–H and O–H groups in total. The van der Waals surface area contributed by atoms with Crippen LogP contribution < -0.4 is 5.32 Å². The SMILES string of the molecule is Brc1cccc(Nc2ccccc2C2=N[C@@H](c3ccccc3)CO2)n1. The average molecular weight is 394 g/mol. The molecule has 2 heterocycles. The number of hydrogen-bond acceptors (Lipinski definition) is 4. The maximum Gasteiger partial charge on any atom is 0.219 e. The van der Waals surface area contributed by atoms with E-state index >= 15 is 0 Å². The van der Waals surface area contributed by atoms with Gasteiger partial charge in [-0.2, -0.15) is 0 Å². The zero-order valence-electron chi connectivity index (χ0n) is 13.4. The van der Waals surface area contributed by atoms with Crippen molar-refractivity contribution in [1.29, 1.82) is 0 Å². The van der Waals surface area contributed by atoms with Gasteiger partial charge in [0.1, 0.15) is 23.1 Å². The van der Waals surface area contributed by atoms with Crippen molar-refractivity contribution in [2.45, 2.75) is 6.04 Å². The summed E-state index contributed by atoms with van der Waals surface area (Å²) in [5, 5.41) is 3.34. The highest BCUT2D eigenvalue weighted by Crippen LogP contribution is 2.28. The number of aromatic nitrogens is 1. The van der Waals surface area contributed by atoms with E-state index in [0.717, 1.165) is 27.2 Å². The first-order valence-electron chi connectivity index (χ1n) is 8.04. The van der Waals surface area contributed by atoms with Gasteiger partial charge in [0.25, 0.3) is 0 Å². The Morgan fingerprint density at radius 1 is 0.920 bits per heavy atom. The molecule has 0 unspecified atom stereocenters. The number of nitrogens with one attached hydrogen (secondary N) is 1.